The number of hydrogen-bond acceptors (Lipinski definition) is 3. The predicted octanol–water partition coefficient (Wildman–Crippen LogP) is 3.26. The van der Waals surface area contributed by atoms with Crippen LogP contribution in [0.1, 0.15) is 64.7 Å². The van der Waals surface area contributed by atoms with Crippen molar-refractivity contribution in [1.82, 2.24) is 0 Å². The summed E-state index contributed by atoms with van der Waals surface area (Å²) >= 11 is 0. The second-order valence-corrected chi connectivity index (χ2v) is 6.12. The molecule has 2 fully saturated rings. The molecule has 2 aliphatic rings. The fourth-order valence-electron chi connectivity index (χ4n) is 4.05. The summed E-state index contributed by atoms with van der Waals surface area (Å²) < 4.78 is 4.89. The summed E-state index contributed by atoms with van der Waals surface area (Å²) in [5, 5.41) is 0. The standard InChI is InChI=1S/C15H24O3/c1-3-12(16)15(13(17)18-2)10-14(11-15)8-6-4-5-7-9-14/h3-11H2,1-2H3. The quantitative estimate of drug-likeness (QED) is 0.572. The van der Waals surface area contributed by atoms with Crippen molar-refractivity contribution in [2.75, 3.05) is 7.11 Å². The minimum Gasteiger partial charge on any atom is -0.468 e. The highest BCUT2D eigenvalue weighted by atomic mass is 16.5. The molecule has 0 unspecified atom stereocenters. The average molecular weight is 252 g/mol. The summed E-state index contributed by atoms with van der Waals surface area (Å²) in [6.07, 6.45) is 9.37. The molecule has 0 amide bonds. The molecule has 18 heavy (non-hydrogen) atoms. The molecule has 1 spiro atoms. The van der Waals surface area contributed by atoms with Gasteiger partial charge < -0.3 is 4.74 Å². The maximum atomic E-state index is 12.1. The van der Waals surface area contributed by atoms with Gasteiger partial charge in [-0.2, -0.15) is 0 Å². The van der Waals surface area contributed by atoms with Crippen LogP contribution >= 0.6 is 0 Å². The lowest BCUT2D eigenvalue weighted by Crippen LogP contribution is -2.56. The molecular formula is C15H24O3. The van der Waals surface area contributed by atoms with E-state index in [9.17, 15) is 9.59 Å². The Balaban J connectivity index is 2.13. The molecule has 3 heteroatoms. The molecule has 0 aliphatic heterocycles. The number of rotatable bonds is 3. The minimum atomic E-state index is -0.798. The van der Waals surface area contributed by atoms with Crippen LogP contribution in [0.3, 0.4) is 0 Å². The Bertz CT molecular complexity index is 312. The molecular weight excluding hydrogens is 228 g/mol. The van der Waals surface area contributed by atoms with Crippen molar-refractivity contribution in [2.45, 2.75) is 64.7 Å². The molecule has 0 heterocycles. The zero-order valence-electron chi connectivity index (χ0n) is 11.6. The molecule has 2 saturated carbocycles. The van der Waals surface area contributed by atoms with Crippen LogP contribution in [0, 0.1) is 10.8 Å². The Hall–Kier alpha value is -0.860. The highest BCUT2D eigenvalue weighted by Crippen LogP contribution is 2.61. The summed E-state index contributed by atoms with van der Waals surface area (Å²) in [7, 11) is 1.39. The fourth-order valence-corrected chi connectivity index (χ4v) is 4.05. The van der Waals surface area contributed by atoms with E-state index in [0.29, 0.717) is 6.42 Å². The lowest BCUT2D eigenvalue weighted by Gasteiger charge is -2.53. The minimum absolute atomic E-state index is 0.0734. The summed E-state index contributed by atoms with van der Waals surface area (Å²) in [6, 6.07) is 0. The third-order valence-electron chi connectivity index (χ3n) is 4.95. The van der Waals surface area contributed by atoms with E-state index in [1.807, 2.05) is 6.92 Å². The normalized spacial score (nSPS) is 25.0. The molecule has 102 valence electrons. The van der Waals surface area contributed by atoms with E-state index in [1.165, 1.54) is 45.6 Å². The second-order valence-electron chi connectivity index (χ2n) is 6.12. The van der Waals surface area contributed by atoms with Crippen LogP contribution in [-0.4, -0.2) is 18.9 Å². The first-order valence-corrected chi connectivity index (χ1v) is 7.20. The van der Waals surface area contributed by atoms with Gasteiger partial charge in [-0.05, 0) is 31.1 Å². The van der Waals surface area contributed by atoms with Gasteiger partial charge in [-0.15, -0.1) is 0 Å². The van der Waals surface area contributed by atoms with Crippen molar-refractivity contribution in [3.05, 3.63) is 0 Å². The number of carbonyl (C=O) groups is 2. The van der Waals surface area contributed by atoms with Crippen LogP contribution in [0.25, 0.3) is 0 Å². The number of ketones is 1. The molecule has 0 N–H and O–H groups in total. The highest BCUT2D eigenvalue weighted by molar-refractivity contribution is 6.05. The Labute approximate surface area is 109 Å². The number of carbonyl (C=O) groups excluding carboxylic acids is 2. The molecule has 0 bridgehead atoms. The molecule has 0 aromatic heterocycles. The lowest BCUT2D eigenvalue weighted by molar-refractivity contribution is -0.176. The van der Waals surface area contributed by atoms with Crippen LogP contribution in [0.5, 0.6) is 0 Å². The number of ether oxygens (including phenoxy) is 1. The third-order valence-corrected chi connectivity index (χ3v) is 4.95. The van der Waals surface area contributed by atoms with E-state index >= 15 is 0 Å². The van der Waals surface area contributed by atoms with Gasteiger partial charge in [0.05, 0.1) is 7.11 Å². The van der Waals surface area contributed by atoms with Gasteiger partial charge in [-0.1, -0.05) is 32.6 Å². The predicted molar refractivity (Wildman–Crippen MR) is 69.1 cm³/mol. The number of methoxy groups -OCH3 is 1. The van der Waals surface area contributed by atoms with Gasteiger partial charge in [0.2, 0.25) is 0 Å². The van der Waals surface area contributed by atoms with E-state index in [2.05, 4.69) is 0 Å². The van der Waals surface area contributed by atoms with Gasteiger partial charge in [-0.3, -0.25) is 9.59 Å². The van der Waals surface area contributed by atoms with Crippen molar-refractivity contribution in [3.8, 4) is 0 Å². The highest BCUT2D eigenvalue weighted by Gasteiger charge is 2.62. The van der Waals surface area contributed by atoms with Crippen molar-refractivity contribution >= 4 is 11.8 Å². The average Bonchev–Trinajstić information content (AvgIpc) is 2.60. The van der Waals surface area contributed by atoms with Crippen LogP contribution < -0.4 is 0 Å². The number of esters is 1. The van der Waals surface area contributed by atoms with Crippen LogP contribution in [0.2, 0.25) is 0 Å². The zero-order chi connectivity index (χ0) is 13.2. The second kappa shape index (κ2) is 5.02. The van der Waals surface area contributed by atoms with Gasteiger partial charge in [-0.25, -0.2) is 0 Å². The maximum absolute atomic E-state index is 12.1. The van der Waals surface area contributed by atoms with Crippen LogP contribution in [-0.2, 0) is 14.3 Å². The Morgan fingerprint density at radius 2 is 1.61 bits per heavy atom. The van der Waals surface area contributed by atoms with Crippen molar-refractivity contribution in [2.24, 2.45) is 10.8 Å². The molecule has 0 atom stereocenters. The first-order valence-electron chi connectivity index (χ1n) is 7.20. The number of hydrogen-bond donors (Lipinski definition) is 0. The first kappa shape index (κ1) is 13.6. The van der Waals surface area contributed by atoms with E-state index in [0.717, 1.165) is 12.8 Å². The fraction of sp³-hybridized carbons (Fsp3) is 0.867. The van der Waals surface area contributed by atoms with Crippen molar-refractivity contribution in [3.63, 3.8) is 0 Å². The van der Waals surface area contributed by atoms with E-state index in [-0.39, 0.29) is 17.2 Å². The zero-order valence-corrected chi connectivity index (χ0v) is 11.6. The molecule has 0 aromatic rings. The largest absolute Gasteiger partial charge is 0.468 e. The van der Waals surface area contributed by atoms with Gasteiger partial charge in [0.25, 0.3) is 0 Å². The molecule has 0 aromatic carbocycles. The summed E-state index contributed by atoms with van der Waals surface area (Å²) in [5.41, 5.74) is -0.538. The van der Waals surface area contributed by atoms with Gasteiger partial charge in [0, 0.05) is 6.42 Å². The van der Waals surface area contributed by atoms with Gasteiger partial charge in [0.15, 0.2) is 0 Å². The van der Waals surface area contributed by atoms with E-state index in [1.54, 1.807) is 0 Å². The van der Waals surface area contributed by atoms with Gasteiger partial charge >= 0.3 is 5.97 Å². The monoisotopic (exact) mass is 252 g/mol. The Morgan fingerprint density at radius 3 is 2.06 bits per heavy atom. The smallest absolute Gasteiger partial charge is 0.319 e. The van der Waals surface area contributed by atoms with Crippen LogP contribution in [0.4, 0.5) is 0 Å². The molecule has 0 radical (unpaired) electrons. The molecule has 2 rings (SSSR count). The van der Waals surface area contributed by atoms with Crippen LogP contribution in [0.15, 0.2) is 0 Å². The topological polar surface area (TPSA) is 43.4 Å². The van der Waals surface area contributed by atoms with Gasteiger partial charge in [0.1, 0.15) is 11.2 Å². The summed E-state index contributed by atoms with van der Waals surface area (Å²) in [6.45, 7) is 1.84. The van der Waals surface area contributed by atoms with E-state index < -0.39 is 5.41 Å². The van der Waals surface area contributed by atoms with E-state index in [4.69, 9.17) is 4.74 Å². The summed E-state index contributed by atoms with van der Waals surface area (Å²) in [5.74, 6) is -0.228. The summed E-state index contributed by atoms with van der Waals surface area (Å²) in [4.78, 5) is 24.1. The Morgan fingerprint density at radius 1 is 1.06 bits per heavy atom. The maximum Gasteiger partial charge on any atom is 0.319 e. The number of Topliss-reactive ketones (excluding diaryl/α,β-unsaturated/α-hetero) is 1. The SMILES string of the molecule is CCC(=O)C1(C(=O)OC)CC2(CCCCCC2)C1. The third kappa shape index (κ3) is 2.08. The van der Waals surface area contributed by atoms with Crippen molar-refractivity contribution < 1.29 is 14.3 Å². The van der Waals surface area contributed by atoms with Crippen molar-refractivity contribution in [1.29, 1.82) is 0 Å². The molecule has 0 saturated heterocycles. The Kier molecular flexibility index (Phi) is 3.79. The molecule has 2 aliphatic carbocycles. The lowest BCUT2D eigenvalue weighted by atomic mass is 9.48. The first-order chi connectivity index (χ1) is 8.58. The molecule has 3 nitrogen and oxygen atoms in total.